The van der Waals surface area contributed by atoms with E-state index in [0.717, 1.165) is 5.56 Å². The number of ether oxygens (including phenoxy) is 2. The average molecular weight is 511 g/mol. The van der Waals surface area contributed by atoms with Crippen molar-refractivity contribution in [1.82, 2.24) is 0 Å². The van der Waals surface area contributed by atoms with Gasteiger partial charge >= 0.3 is 0 Å². The molecule has 0 saturated carbocycles. The first-order valence-corrected chi connectivity index (χ1v) is 12.4. The summed E-state index contributed by atoms with van der Waals surface area (Å²) < 4.78 is 11.6. The molecular weight excluding hydrogens is 484 g/mol. The van der Waals surface area contributed by atoms with Crippen LogP contribution in [0, 0.1) is 6.92 Å². The van der Waals surface area contributed by atoms with Crippen molar-refractivity contribution in [3.63, 3.8) is 0 Å². The maximum absolute atomic E-state index is 13.6. The summed E-state index contributed by atoms with van der Waals surface area (Å²) in [5.74, 6) is -1.21. The minimum Gasteiger partial charge on any atom is -0.507 e. The molecule has 0 aromatic heterocycles. The topological polar surface area (TPSA) is 113 Å². The van der Waals surface area contributed by atoms with Gasteiger partial charge in [-0.05, 0) is 79.6 Å². The van der Waals surface area contributed by atoms with Crippen molar-refractivity contribution in [3.05, 3.63) is 81.4 Å². The second kappa shape index (κ2) is 8.33. The number of ketones is 2. The lowest BCUT2D eigenvalue weighted by molar-refractivity contribution is -0.00568. The maximum atomic E-state index is 13.6. The molecule has 0 bridgehead atoms. The van der Waals surface area contributed by atoms with Gasteiger partial charge < -0.3 is 24.8 Å². The van der Waals surface area contributed by atoms with Gasteiger partial charge in [-0.1, -0.05) is 12.1 Å². The second-order valence-electron chi connectivity index (χ2n) is 10.0. The highest BCUT2D eigenvalue weighted by atomic mass is 16.5. The van der Waals surface area contributed by atoms with Gasteiger partial charge in [-0.2, -0.15) is 0 Å². The molecule has 2 aliphatic rings. The van der Waals surface area contributed by atoms with Crippen molar-refractivity contribution in [3.8, 4) is 34.1 Å². The van der Waals surface area contributed by atoms with Crippen LogP contribution < -0.4 is 4.74 Å². The zero-order valence-corrected chi connectivity index (χ0v) is 21.4. The molecule has 0 fully saturated rings. The molecule has 192 valence electrons. The number of hydrogen-bond donors (Lipinski definition) is 3. The Hall–Kier alpha value is -4.36. The summed E-state index contributed by atoms with van der Waals surface area (Å²) in [6.07, 6.45) is -0.132. The summed E-state index contributed by atoms with van der Waals surface area (Å²) in [5.41, 5.74) is 2.93. The highest BCUT2D eigenvalue weighted by Gasteiger charge is 2.37. The van der Waals surface area contributed by atoms with E-state index in [0.29, 0.717) is 45.2 Å². The van der Waals surface area contributed by atoms with Crippen molar-refractivity contribution in [1.29, 1.82) is 0 Å². The molecular formula is C31H26O7. The van der Waals surface area contributed by atoms with E-state index in [1.54, 1.807) is 37.3 Å². The molecule has 3 N–H and O–H groups in total. The van der Waals surface area contributed by atoms with Crippen molar-refractivity contribution < 1.29 is 34.4 Å². The molecule has 2 atom stereocenters. The van der Waals surface area contributed by atoms with Crippen LogP contribution in [-0.4, -0.2) is 40.1 Å². The zero-order valence-electron chi connectivity index (χ0n) is 21.4. The summed E-state index contributed by atoms with van der Waals surface area (Å²) in [6.45, 7) is 5.52. The minimum atomic E-state index is -0.619. The lowest BCUT2D eigenvalue weighted by Gasteiger charge is -2.32. The number of aryl methyl sites for hydroxylation is 1. The van der Waals surface area contributed by atoms with Gasteiger partial charge in [0.05, 0.1) is 35.8 Å². The SMILES string of the molecule is COc1cccc2c(-c3ccc4c(c3O)C(=O)c3c(O)cc(C)cc3C4=O)c3c(c(O)c12)[C@@H](C)O[C@H](C)C3. The van der Waals surface area contributed by atoms with Crippen molar-refractivity contribution >= 4 is 22.3 Å². The van der Waals surface area contributed by atoms with Crippen LogP contribution in [0.15, 0.2) is 42.5 Å². The van der Waals surface area contributed by atoms with E-state index < -0.39 is 17.7 Å². The summed E-state index contributed by atoms with van der Waals surface area (Å²) in [5, 5.41) is 34.7. The highest BCUT2D eigenvalue weighted by molar-refractivity contribution is 6.31. The fourth-order valence-corrected chi connectivity index (χ4v) is 6.11. The molecule has 0 amide bonds. The van der Waals surface area contributed by atoms with E-state index in [1.807, 2.05) is 19.9 Å². The standard InChI is InChI=1S/C31H26O7/c1-13-10-20-25(21(32)11-13)31(36)27-18(28(20)33)9-8-17(29(27)34)24-16-6-5-7-22(37-4)26(16)30(35)23-15(3)38-14(2)12-19(23)24/h5-11,14-15,32,34-35H,12H2,1-4H3/t14-,15-/m1/s1. The van der Waals surface area contributed by atoms with Gasteiger partial charge in [0.15, 0.2) is 5.78 Å². The number of carbonyl (C=O) groups excluding carboxylic acids is 2. The van der Waals surface area contributed by atoms with Gasteiger partial charge in [0.1, 0.15) is 23.0 Å². The molecule has 0 radical (unpaired) electrons. The third kappa shape index (κ3) is 3.18. The fourth-order valence-electron chi connectivity index (χ4n) is 6.11. The quantitative estimate of drug-likeness (QED) is 0.278. The van der Waals surface area contributed by atoms with Crippen LogP contribution in [0.1, 0.15) is 68.5 Å². The Balaban J connectivity index is 1.70. The Kier molecular flexibility index (Phi) is 5.26. The Morgan fingerprint density at radius 2 is 1.61 bits per heavy atom. The van der Waals surface area contributed by atoms with Crippen LogP contribution in [0.2, 0.25) is 0 Å². The second-order valence-corrected chi connectivity index (χ2v) is 10.0. The highest BCUT2D eigenvalue weighted by Crippen LogP contribution is 2.52. The van der Waals surface area contributed by atoms with Crippen LogP contribution in [0.5, 0.6) is 23.0 Å². The predicted octanol–water partition coefficient (Wildman–Crippen LogP) is 5.74. The fraction of sp³-hybridized carbons (Fsp3) is 0.226. The molecule has 0 unspecified atom stereocenters. The van der Waals surface area contributed by atoms with E-state index >= 15 is 0 Å². The number of benzene rings is 4. The first kappa shape index (κ1) is 24.0. The van der Waals surface area contributed by atoms with E-state index in [9.17, 15) is 24.9 Å². The first-order chi connectivity index (χ1) is 18.1. The molecule has 1 heterocycles. The third-order valence-corrected chi connectivity index (χ3v) is 7.62. The Morgan fingerprint density at radius 3 is 2.34 bits per heavy atom. The van der Waals surface area contributed by atoms with Crippen LogP contribution in [0.25, 0.3) is 21.9 Å². The molecule has 1 aliphatic carbocycles. The molecule has 0 saturated heterocycles. The average Bonchev–Trinajstić information content (AvgIpc) is 2.86. The maximum Gasteiger partial charge on any atom is 0.201 e. The molecule has 7 nitrogen and oxygen atoms in total. The number of rotatable bonds is 2. The smallest absolute Gasteiger partial charge is 0.201 e. The van der Waals surface area contributed by atoms with Gasteiger partial charge in [-0.25, -0.2) is 0 Å². The number of carbonyl (C=O) groups is 2. The van der Waals surface area contributed by atoms with Gasteiger partial charge in [-0.15, -0.1) is 0 Å². The summed E-state index contributed by atoms with van der Waals surface area (Å²) in [6, 6.07) is 11.5. The minimum absolute atomic E-state index is 0.0496. The third-order valence-electron chi connectivity index (χ3n) is 7.62. The van der Waals surface area contributed by atoms with Gasteiger partial charge in [-0.3, -0.25) is 9.59 Å². The summed E-state index contributed by atoms with van der Waals surface area (Å²) in [7, 11) is 1.52. The molecule has 6 rings (SSSR count). The summed E-state index contributed by atoms with van der Waals surface area (Å²) in [4.78, 5) is 27.0. The van der Waals surface area contributed by atoms with Gasteiger partial charge in [0.25, 0.3) is 0 Å². The largest absolute Gasteiger partial charge is 0.507 e. The van der Waals surface area contributed by atoms with E-state index in [1.165, 1.54) is 13.2 Å². The molecule has 4 aromatic carbocycles. The van der Waals surface area contributed by atoms with Crippen molar-refractivity contribution in [2.75, 3.05) is 7.11 Å². The lowest BCUT2D eigenvalue weighted by atomic mass is 9.78. The van der Waals surface area contributed by atoms with E-state index in [-0.39, 0.29) is 45.6 Å². The Morgan fingerprint density at radius 1 is 0.868 bits per heavy atom. The molecule has 0 spiro atoms. The zero-order chi connectivity index (χ0) is 27.0. The van der Waals surface area contributed by atoms with Crippen LogP contribution in [0.4, 0.5) is 0 Å². The Bertz CT molecular complexity index is 1720. The monoisotopic (exact) mass is 510 g/mol. The number of aromatic hydroxyl groups is 3. The van der Waals surface area contributed by atoms with Crippen LogP contribution >= 0.6 is 0 Å². The molecule has 4 aromatic rings. The number of phenolic OH excluding ortho intramolecular Hbond substituents is 3. The Labute approximate surface area is 218 Å². The van der Waals surface area contributed by atoms with Crippen LogP contribution in [0.3, 0.4) is 0 Å². The number of fused-ring (bicyclic) bond motifs is 4. The van der Waals surface area contributed by atoms with Crippen LogP contribution in [-0.2, 0) is 11.2 Å². The number of methoxy groups -OCH3 is 1. The lowest BCUT2D eigenvalue weighted by Crippen LogP contribution is -2.24. The van der Waals surface area contributed by atoms with Gasteiger partial charge in [0, 0.05) is 22.3 Å². The van der Waals surface area contributed by atoms with E-state index in [4.69, 9.17) is 9.47 Å². The van der Waals surface area contributed by atoms with Crippen molar-refractivity contribution in [2.45, 2.75) is 39.4 Å². The van der Waals surface area contributed by atoms with E-state index in [2.05, 4.69) is 0 Å². The molecule has 1 aliphatic heterocycles. The van der Waals surface area contributed by atoms with Gasteiger partial charge in [0.2, 0.25) is 5.78 Å². The number of hydrogen-bond acceptors (Lipinski definition) is 7. The predicted molar refractivity (Wildman–Crippen MR) is 142 cm³/mol. The van der Waals surface area contributed by atoms with Crippen molar-refractivity contribution in [2.24, 2.45) is 0 Å². The summed E-state index contributed by atoms with van der Waals surface area (Å²) >= 11 is 0. The first-order valence-electron chi connectivity index (χ1n) is 12.4. The molecule has 7 heteroatoms. The molecule has 38 heavy (non-hydrogen) atoms. The number of phenols is 3. The normalized spacial score (nSPS) is 18.2.